The van der Waals surface area contributed by atoms with Gasteiger partial charge in [0, 0.05) is 22.4 Å². The molecule has 0 saturated heterocycles. The number of amides is 1. The standard InChI is InChI=1S/C15H17BrN4O/c1-3-10(2)18-14(21)13-7-8-17-15(20-13)19-12-6-4-5-11(16)9-12/h4-10H,3H2,1-2H3,(H,18,21)(H,17,19,20). The molecule has 2 aromatic rings. The maximum atomic E-state index is 12.0. The van der Waals surface area contributed by atoms with Gasteiger partial charge in [0.15, 0.2) is 0 Å². The summed E-state index contributed by atoms with van der Waals surface area (Å²) in [6, 6.07) is 9.38. The molecule has 2 N–H and O–H groups in total. The number of halogens is 1. The van der Waals surface area contributed by atoms with Crippen molar-refractivity contribution in [2.45, 2.75) is 26.3 Å². The van der Waals surface area contributed by atoms with Gasteiger partial charge in [0.2, 0.25) is 5.95 Å². The molecule has 0 aliphatic heterocycles. The third-order valence-corrected chi connectivity index (χ3v) is 3.45. The number of carbonyl (C=O) groups excluding carboxylic acids is 1. The Labute approximate surface area is 132 Å². The maximum absolute atomic E-state index is 12.0. The molecule has 0 spiro atoms. The highest BCUT2D eigenvalue weighted by Crippen LogP contribution is 2.18. The molecule has 21 heavy (non-hydrogen) atoms. The third-order valence-electron chi connectivity index (χ3n) is 2.96. The second-order valence-electron chi connectivity index (χ2n) is 4.68. The monoisotopic (exact) mass is 348 g/mol. The van der Waals surface area contributed by atoms with Crippen molar-refractivity contribution in [1.82, 2.24) is 15.3 Å². The van der Waals surface area contributed by atoms with Crippen LogP contribution in [0.5, 0.6) is 0 Å². The molecular formula is C15H17BrN4O. The van der Waals surface area contributed by atoms with Gasteiger partial charge in [-0.1, -0.05) is 28.9 Å². The molecular weight excluding hydrogens is 332 g/mol. The predicted molar refractivity (Wildman–Crippen MR) is 86.7 cm³/mol. The summed E-state index contributed by atoms with van der Waals surface area (Å²) in [5, 5.41) is 5.96. The molecule has 1 unspecified atom stereocenters. The summed E-state index contributed by atoms with van der Waals surface area (Å²) >= 11 is 3.40. The molecule has 1 aromatic heterocycles. The summed E-state index contributed by atoms with van der Waals surface area (Å²) in [6.07, 6.45) is 2.44. The normalized spacial score (nSPS) is 11.8. The number of hydrogen-bond acceptors (Lipinski definition) is 4. The fourth-order valence-corrected chi connectivity index (χ4v) is 2.04. The quantitative estimate of drug-likeness (QED) is 0.867. The van der Waals surface area contributed by atoms with Gasteiger partial charge in [-0.2, -0.15) is 0 Å². The van der Waals surface area contributed by atoms with Gasteiger partial charge in [0.05, 0.1) is 0 Å². The van der Waals surface area contributed by atoms with Crippen molar-refractivity contribution in [3.05, 3.63) is 46.7 Å². The molecule has 0 aliphatic rings. The van der Waals surface area contributed by atoms with Crippen molar-refractivity contribution in [1.29, 1.82) is 0 Å². The van der Waals surface area contributed by atoms with E-state index in [1.54, 1.807) is 12.3 Å². The van der Waals surface area contributed by atoms with Crippen LogP contribution in [0.15, 0.2) is 41.0 Å². The number of nitrogens with zero attached hydrogens (tertiary/aromatic N) is 2. The Hall–Kier alpha value is -1.95. The van der Waals surface area contributed by atoms with Crippen LogP contribution in [0.4, 0.5) is 11.6 Å². The highest BCUT2D eigenvalue weighted by atomic mass is 79.9. The molecule has 0 saturated carbocycles. The second-order valence-corrected chi connectivity index (χ2v) is 5.60. The molecule has 1 atom stereocenters. The highest BCUT2D eigenvalue weighted by Gasteiger charge is 2.11. The Morgan fingerprint density at radius 3 is 2.90 bits per heavy atom. The van der Waals surface area contributed by atoms with Gasteiger partial charge in [-0.05, 0) is 37.6 Å². The van der Waals surface area contributed by atoms with Crippen LogP contribution in [-0.4, -0.2) is 21.9 Å². The number of hydrogen-bond donors (Lipinski definition) is 2. The second kappa shape index (κ2) is 7.17. The van der Waals surface area contributed by atoms with Gasteiger partial charge in [0.25, 0.3) is 5.91 Å². The molecule has 1 heterocycles. The fourth-order valence-electron chi connectivity index (χ4n) is 1.64. The first kappa shape index (κ1) is 15.4. The van der Waals surface area contributed by atoms with Crippen LogP contribution in [0.25, 0.3) is 0 Å². The summed E-state index contributed by atoms with van der Waals surface area (Å²) in [4.78, 5) is 20.4. The molecule has 0 aliphatic carbocycles. The van der Waals surface area contributed by atoms with Gasteiger partial charge in [-0.25, -0.2) is 9.97 Å². The average Bonchev–Trinajstić information content (AvgIpc) is 2.47. The first-order valence-electron chi connectivity index (χ1n) is 6.75. The summed E-state index contributed by atoms with van der Waals surface area (Å²) in [7, 11) is 0. The van der Waals surface area contributed by atoms with E-state index in [-0.39, 0.29) is 11.9 Å². The number of rotatable bonds is 5. The van der Waals surface area contributed by atoms with E-state index in [4.69, 9.17) is 0 Å². The highest BCUT2D eigenvalue weighted by molar-refractivity contribution is 9.10. The zero-order valence-electron chi connectivity index (χ0n) is 11.9. The zero-order chi connectivity index (χ0) is 15.2. The zero-order valence-corrected chi connectivity index (χ0v) is 13.5. The Bertz CT molecular complexity index is 633. The first-order chi connectivity index (χ1) is 10.1. The topological polar surface area (TPSA) is 66.9 Å². The van der Waals surface area contributed by atoms with E-state index >= 15 is 0 Å². The summed E-state index contributed by atoms with van der Waals surface area (Å²) < 4.78 is 0.957. The van der Waals surface area contributed by atoms with E-state index in [0.717, 1.165) is 16.6 Å². The third kappa shape index (κ3) is 4.53. The van der Waals surface area contributed by atoms with Crippen molar-refractivity contribution in [3.8, 4) is 0 Å². The van der Waals surface area contributed by atoms with Crippen molar-refractivity contribution in [3.63, 3.8) is 0 Å². The van der Waals surface area contributed by atoms with E-state index < -0.39 is 0 Å². The van der Waals surface area contributed by atoms with Crippen LogP contribution >= 0.6 is 15.9 Å². The van der Waals surface area contributed by atoms with Gasteiger partial charge in [0.1, 0.15) is 5.69 Å². The molecule has 110 valence electrons. The maximum Gasteiger partial charge on any atom is 0.270 e. The summed E-state index contributed by atoms with van der Waals surface area (Å²) in [6.45, 7) is 3.98. The smallest absolute Gasteiger partial charge is 0.270 e. The first-order valence-corrected chi connectivity index (χ1v) is 7.54. The van der Waals surface area contributed by atoms with E-state index in [1.807, 2.05) is 38.1 Å². The molecule has 0 radical (unpaired) electrons. The predicted octanol–water partition coefficient (Wildman–Crippen LogP) is 3.51. The van der Waals surface area contributed by atoms with E-state index in [2.05, 4.69) is 36.5 Å². The van der Waals surface area contributed by atoms with Crippen LogP contribution < -0.4 is 10.6 Å². The summed E-state index contributed by atoms with van der Waals surface area (Å²) in [5.74, 6) is 0.203. The molecule has 6 heteroatoms. The van der Waals surface area contributed by atoms with Crippen molar-refractivity contribution < 1.29 is 4.79 Å². The minimum atomic E-state index is -0.191. The molecule has 5 nitrogen and oxygen atoms in total. The van der Waals surface area contributed by atoms with Crippen molar-refractivity contribution in [2.75, 3.05) is 5.32 Å². The number of benzene rings is 1. The van der Waals surface area contributed by atoms with Gasteiger partial charge < -0.3 is 10.6 Å². The van der Waals surface area contributed by atoms with Gasteiger partial charge >= 0.3 is 0 Å². The van der Waals surface area contributed by atoms with Crippen molar-refractivity contribution in [2.24, 2.45) is 0 Å². The van der Waals surface area contributed by atoms with Crippen LogP contribution in [0.2, 0.25) is 0 Å². The van der Waals surface area contributed by atoms with E-state index in [9.17, 15) is 4.79 Å². The largest absolute Gasteiger partial charge is 0.348 e. The van der Waals surface area contributed by atoms with Crippen LogP contribution in [0.3, 0.4) is 0 Å². The van der Waals surface area contributed by atoms with E-state index in [0.29, 0.717) is 11.6 Å². The van der Waals surface area contributed by atoms with Crippen LogP contribution in [0, 0.1) is 0 Å². The minimum Gasteiger partial charge on any atom is -0.348 e. The SMILES string of the molecule is CCC(C)NC(=O)c1ccnc(Nc2cccc(Br)c2)n1. The Morgan fingerprint density at radius 2 is 2.19 bits per heavy atom. The molecule has 0 fully saturated rings. The lowest BCUT2D eigenvalue weighted by Crippen LogP contribution is -2.32. The number of anilines is 2. The lowest BCUT2D eigenvalue weighted by molar-refractivity contribution is 0.0934. The van der Waals surface area contributed by atoms with Crippen molar-refractivity contribution >= 4 is 33.5 Å². The number of nitrogens with one attached hydrogen (secondary N) is 2. The minimum absolute atomic E-state index is 0.119. The fraction of sp³-hybridized carbons (Fsp3) is 0.267. The molecule has 2 rings (SSSR count). The lowest BCUT2D eigenvalue weighted by atomic mass is 10.2. The lowest BCUT2D eigenvalue weighted by Gasteiger charge is -2.11. The molecule has 1 aromatic carbocycles. The molecule has 1 amide bonds. The molecule has 0 bridgehead atoms. The Balaban J connectivity index is 2.12. The number of aromatic nitrogens is 2. The van der Waals surface area contributed by atoms with E-state index in [1.165, 1.54) is 0 Å². The Kier molecular flexibility index (Phi) is 5.27. The summed E-state index contributed by atoms with van der Waals surface area (Å²) in [5.41, 5.74) is 1.20. The average molecular weight is 349 g/mol. The Morgan fingerprint density at radius 1 is 1.38 bits per heavy atom. The van der Waals surface area contributed by atoms with Gasteiger partial charge in [-0.3, -0.25) is 4.79 Å². The van der Waals surface area contributed by atoms with Crippen LogP contribution in [0.1, 0.15) is 30.8 Å². The number of carbonyl (C=O) groups is 1. The van der Waals surface area contributed by atoms with Crippen LogP contribution in [-0.2, 0) is 0 Å². The van der Waals surface area contributed by atoms with Gasteiger partial charge in [-0.15, -0.1) is 0 Å².